The molecule has 1 aliphatic heterocycles. The van der Waals surface area contributed by atoms with Gasteiger partial charge in [-0.05, 0) is 6.42 Å². The highest BCUT2D eigenvalue weighted by molar-refractivity contribution is 6.21. The molecule has 1 fully saturated rings. The highest BCUT2D eigenvalue weighted by Gasteiger charge is 2.39. The van der Waals surface area contributed by atoms with Gasteiger partial charge in [-0.15, -0.1) is 0 Å². The lowest BCUT2D eigenvalue weighted by Gasteiger charge is -2.13. The molecule has 0 bridgehead atoms. The first-order valence-corrected chi connectivity index (χ1v) is 5.82. The molecule has 0 aromatic heterocycles. The number of carbonyl (C=O) groups excluding carboxylic acids is 2. The van der Waals surface area contributed by atoms with Crippen LogP contribution in [0.1, 0.15) is 12.8 Å². The molecule has 2 N–H and O–H groups in total. The summed E-state index contributed by atoms with van der Waals surface area (Å²) in [7, 11) is 0. The van der Waals surface area contributed by atoms with Gasteiger partial charge in [-0.1, -0.05) is 0 Å². The number of hydrogen-bond donors (Lipinski definition) is 2. The molecule has 21 heavy (non-hydrogen) atoms. The zero-order valence-electron chi connectivity index (χ0n) is 10.4. The molecule has 3 amide bonds. The number of urea groups is 1. The van der Waals surface area contributed by atoms with Gasteiger partial charge < -0.3 is 10.4 Å². The third-order valence-corrected chi connectivity index (χ3v) is 2.89. The third-order valence-electron chi connectivity index (χ3n) is 2.89. The number of imide groups is 1. The molecule has 1 aromatic rings. The van der Waals surface area contributed by atoms with Crippen molar-refractivity contribution >= 4 is 23.6 Å². The Labute approximate surface area is 116 Å². The van der Waals surface area contributed by atoms with Crippen LogP contribution >= 0.6 is 0 Å². The Morgan fingerprint density at radius 3 is 2.33 bits per heavy atom. The van der Waals surface area contributed by atoms with Gasteiger partial charge in [0.2, 0.25) is 0 Å². The standard InChI is InChI=1S/C12H9F3N2O4/c13-6-3-5(4-7(14)10(6)15)17-11(20)8(16-12(17)21)1-2-9(18)19/h3-4,8H,1-2H2,(H,16,21)(H,18,19)/t8-/m0/s1. The number of hydrogen-bond acceptors (Lipinski definition) is 3. The molecule has 2 rings (SSSR count). The van der Waals surface area contributed by atoms with Crippen molar-refractivity contribution in [2.24, 2.45) is 0 Å². The van der Waals surface area contributed by atoms with Crippen LogP contribution in [0.25, 0.3) is 0 Å². The molecule has 1 heterocycles. The van der Waals surface area contributed by atoms with E-state index in [4.69, 9.17) is 5.11 Å². The molecule has 1 aliphatic rings. The first kappa shape index (κ1) is 14.8. The first-order chi connectivity index (χ1) is 9.81. The van der Waals surface area contributed by atoms with Gasteiger partial charge in [0, 0.05) is 18.6 Å². The Morgan fingerprint density at radius 1 is 1.24 bits per heavy atom. The molecule has 1 aromatic carbocycles. The number of benzene rings is 1. The lowest BCUT2D eigenvalue weighted by molar-refractivity contribution is -0.137. The van der Waals surface area contributed by atoms with E-state index >= 15 is 0 Å². The largest absolute Gasteiger partial charge is 0.481 e. The topological polar surface area (TPSA) is 86.7 Å². The molecule has 0 spiro atoms. The SMILES string of the molecule is O=C(O)CC[C@@H]1NC(=O)N(c2cc(F)c(F)c(F)c2)C1=O. The van der Waals surface area contributed by atoms with E-state index < -0.39 is 47.1 Å². The van der Waals surface area contributed by atoms with Crippen molar-refractivity contribution in [3.05, 3.63) is 29.6 Å². The maximum atomic E-state index is 13.1. The fourth-order valence-corrected chi connectivity index (χ4v) is 1.91. The van der Waals surface area contributed by atoms with E-state index in [0.29, 0.717) is 17.0 Å². The van der Waals surface area contributed by atoms with Crippen LogP contribution in [0.5, 0.6) is 0 Å². The van der Waals surface area contributed by atoms with E-state index in [1.807, 2.05) is 0 Å². The van der Waals surface area contributed by atoms with Crippen LogP contribution in [-0.2, 0) is 9.59 Å². The predicted octanol–water partition coefficient (Wildman–Crippen LogP) is 1.39. The van der Waals surface area contributed by atoms with Crippen LogP contribution in [-0.4, -0.2) is 29.1 Å². The van der Waals surface area contributed by atoms with E-state index in [1.165, 1.54) is 0 Å². The zero-order chi connectivity index (χ0) is 15.7. The number of carbonyl (C=O) groups is 3. The third kappa shape index (κ3) is 2.81. The van der Waals surface area contributed by atoms with Crippen molar-refractivity contribution in [1.82, 2.24) is 5.32 Å². The maximum Gasteiger partial charge on any atom is 0.329 e. The van der Waals surface area contributed by atoms with E-state index in [9.17, 15) is 27.6 Å². The molecule has 112 valence electrons. The monoisotopic (exact) mass is 302 g/mol. The Kier molecular flexibility index (Phi) is 3.83. The number of rotatable bonds is 4. The number of carboxylic acid groups (broad SMARTS) is 1. The highest BCUT2D eigenvalue weighted by atomic mass is 19.2. The van der Waals surface area contributed by atoms with Crippen molar-refractivity contribution in [1.29, 1.82) is 0 Å². The summed E-state index contributed by atoms with van der Waals surface area (Å²) in [6.45, 7) is 0. The van der Waals surface area contributed by atoms with Crippen LogP contribution in [0.3, 0.4) is 0 Å². The van der Waals surface area contributed by atoms with Crippen molar-refractivity contribution in [3.8, 4) is 0 Å². The normalized spacial score (nSPS) is 18.0. The van der Waals surface area contributed by atoms with Gasteiger partial charge >= 0.3 is 12.0 Å². The van der Waals surface area contributed by atoms with Crippen LogP contribution in [0.15, 0.2) is 12.1 Å². The molecular formula is C12H9F3N2O4. The molecular weight excluding hydrogens is 293 g/mol. The lowest BCUT2D eigenvalue weighted by Crippen LogP contribution is -2.31. The van der Waals surface area contributed by atoms with E-state index in [0.717, 1.165) is 0 Å². The summed E-state index contributed by atoms with van der Waals surface area (Å²) in [4.78, 5) is 34.5. The molecule has 0 aliphatic carbocycles. The fourth-order valence-electron chi connectivity index (χ4n) is 1.91. The molecule has 0 saturated carbocycles. The number of carboxylic acids is 1. The van der Waals surface area contributed by atoms with Gasteiger partial charge in [0.15, 0.2) is 17.5 Å². The minimum atomic E-state index is -1.71. The van der Waals surface area contributed by atoms with Crippen molar-refractivity contribution in [2.45, 2.75) is 18.9 Å². The summed E-state index contributed by atoms with van der Waals surface area (Å²) in [5.74, 6) is -6.81. The summed E-state index contributed by atoms with van der Waals surface area (Å²) < 4.78 is 39.1. The lowest BCUT2D eigenvalue weighted by atomic mass is 10.1. The van der Waals surface area contributed by atoms with Gasteiger partial charge in [0.1, 0.15) is 6.04 Å². The first-order valence-electron chi connectivity index (χ1n) is 5.82. The Balaban J connectivity index is 2.26. The quantitative estimate of drug-likeness (QED) is 0.650. The number of anilines is 1. The van der Waals surface area contributed by atoms with Gasteiger partial charge in [-0.3, -0.25) is 9.59 Å². The average Bonchev–Trinajstić information content (AvgIpc) is 2.68. The summed E-state index contributed by atoms with van der Waals surface area (Å²) in [5.41, 5.74) is -0.466. The minimum Gasteiger partial charge on any atom is -0.481 e. The highest BCUT2D eigenvalue weighted by Crippen LogP contribution is 2.25. The Hall–Kier alpha value is -2.58. The van der Waals surface area contributed by atoms with E-state index in [-0.39, 0.29) is 12.8 Å². The molecule has 0 unspecified atom stereocenters. The van der Waals surface area contributed by atoms with Crippen LogP contribution in [0, 0.1) is 17.5 Å². The van der Waals surface area contributed by atoms with Crippen LogP contribution in [0.4, 0.5) is 23.7 Å². The smallest absolute Gasteiger partial charge is 0.329 e. The summed E-state index contributed by atoms with van der Waals surface area (Å²) in [6.07, 6.45) is -0.529. The Morgan fingerprint density at radius 2 is 1.81 bits per heavy atom. The minimum absolute atomic E-state index is 0.164. The van der Waals surface area contributed by atoms with Gasteiger partial charge in [-0.25, -0.2) is 22.9 Å². The molecule has 9 heteroatoms. The fraction of sp³-hybridized carbons (Fsp3) is 0.250. The summed E-state index contributed by atoms with van der Waals surface area (Å²) in [5, 5.41) is 10.7. The number of nitrogens with zero attached hydrogens (tertiary/aromatic N) is 1. The van der Waals surface area contributed by atoms with E-state index in [1.54, 1.807) is 0 Å². The van der Waals surface area contributed by atoms with E-state index in [2.05, 4.69) is 5.32 Å². The predicted molar refractivity (Wildman–Crippen MR) is 63.0 cm³/mol. The second-order valence-electron chi connectivity index (χ2n) is 4.33. The van der Waals surface area contributed by atoms with Crippen LogP contribution in [0.2, 0.25) is 0 Å². The van der Waals surface area contributed by atoms with Crippen LogP contribution < -0.4 is 10.2 Å². The number of nitrogens with one attached hydrogen (secondary N) is 1. The number of aliphatic carboxylic acids is 1. The number of halogens is 3. The second-order valence-corrected chi connectivity index (χ2v) is 4.33. The zero-order valence-corrected chi connectivity index (χ0v) is 10.4. The maximum absolute atomic E-state index is 13.1. The van der Waals surface area contributed by atoms with Gasteiger partial charge in [0.25, 0.3) is 5.91 Å². The molecule has 1 atom stereocenters. The van der Waals surface area contributed by atoms with Crippen molar-refractivity contribution in [2.75, 3.05) is 4.90 Å². The number of amides is 3. The summed E-state index contributed by atoms with van der Waals surface area (Å²) in [6, 6.07) is -1.05. The molecule has 0 radical (unpaired) electrons. The van der Waals surface area contributed by atoms with Gasteiger partial charge in [-0.2, -0.15) is 0 Å². The average molecular weight is 302 g/mol. The van der Waals surface area contributed by atoms with Crippen molar-refractivity contribution in [3.63, 3.8) is 0 Å². The summed E-state index contributed by atoms with van der Waals surface area (Å²) >= 11 is 0. The molecule has 1 saturated heterocycles. The molecule has 6 nitrogen and oxygen atoms in total. The Bertz CT molecular complexity index is 612. The van der Waals surface area contributed by atoms with Crippen molar-refractivity contribution < 1.29 is 32.7 Å². The second kappa shape index (κ2) is 5.43. The van der Waals surface area contributed by atoms with Gasteiger partial charge in [0.05, 0.1) is 5.69 Å².